The van der Waals surface area contributed by atoms with Gasteiger partial charge in [0.15, 0.2) is 17.8 Å². The molecule has 1 amide bonds. The highest BCUT2D eigenvalue weighted by Gasteiger charge is 2.65. The second kappa shape index (κ2) is 23.9. The number of nitrogens with zero attached hydrogens (tertiary/aromatic N) is 3. The second-order valence-electron chi connectivity index (χ2n) is 19.1. The summed E-state index contributed by atoms with van der Waals surface area (Å²) in [6.45, 7) is 4.83. The van der Waals surface area contributed by atoms with Crippen LogP contribution in [0.2, 0.25) is 0 Å². The van der Waals surface area contributed by atoms with Crippen LogP contribution in [0.1, 0.15) is 97.2 Å². The zero-order chi connectivity index (χ0) is 51.6. The molecule has 0 aromatic heterocycles. The first-order chi connectivity index (χ1) is 36.2. The number of allylic oxidation sites excluding steroid dienone is 1. The highest BCUT2D eigenvalue weighted by atomic mass is 16.8. The van der Waals surface area contributed by atoms with E-state index in [1.807, 2.05) is 30.3 Å². The summed E-state index contributed by atoms with van der Waals surface area (Å²) in [5.74, 6) is -0.174. The van der Waals surface area contributed by atoms with E-state index in [4.69, 9.17) is 43.2 Å². The Morgan fingerprint density at radius 1 is 0.946 bits per heavy atom. The molecular formula is C57H63N3O14. The number of fused-ring (bicyclic) bond motifs is 3. The highest BCUT2D eigenvalue weighted by Crippen LogP contribution is 2.62. The standard InChI is InChI=1S/C57H63N3O14/c1-3-27-71-57-52(59(34-38-15-21-50-51(29-38)70-36-69-50)53(64)24-16-37-13-17-41(18-14-37)60(65)66)33-47(58-74-54-12-6-9-28-68-54)45-31-39(10-4-7-25-61)44(11-5-8-26-62)55(56(45)57)46-32-43(20-23-49(46)73-57)72-42-19-22-48(67-2)40(30-42)35-63/h3,13-24,29-32,35,39,44,52,54-56,61-62H,1,4-12,25-28,33-34,36H2,2H3/t39-,44+,52-,54?,55+,56+,57+/m0/s1. The van der Waals surface area contributed by atoms with Gasteiger partial charge in [-0.1, -0.05) is 36.2 Å². The first-order valence-corrected chi connectivity index (χ1v) is 25.5. The molecule has 3 aliphatic heterocycles. The monoisotopic (exact) mass is 1010 g/mol. The van der Waals surface area contributed by atoms with Gasteiger partial charge < -0.3 is 53.1 Å². The fourth-order valence-electron chi connectivity index (χ4n) is 11.2. The number of ether oxygens (including phenoxy) is 7. The van der Waals surface area contributed by atoms with Crippen molar-refractivity contribution in [3.8, 4) is 34.5 Å². The summed E-state index contributed by atoms with van der Waals surface area (Å²) < 4.78 is 44.2. The minimum Gasteiger partial charge on any atom is -0.496 e. The van der Waals surface area contributed by atoms with Crippen molar-refractivity contribution in [1.82, 2.24) is 4.90 Å². The van der Waals surface area contributed by atoms with E-state index in [0.29, 0.717) is 96.3 Å². The Hall–Kier alpha value is -7.05. The lowest BCUT2D eigenvalue weighted by Crippen LogP contribution is -2.70. The van der Waals surface area contributed by atoms with Gasteiger partial charge in [-0.15, -0.1) is 6.58 Å². The summed E-state index contributed by atoms with van der Waals surface area (Å²) in [7, 11) is 1.50. The van der Waals surface area contributed by atoms with Crippen LogP contribution in [-0.4, -0.2) is 96.4 Å². The second-order valence-corrected chi connectivity index (χ2v) is 19.1. The van der Waals surface area contributed by atoms with Gasteiger partial charge in [-0.25, -0.2) is 0 Å². The number of nitro benzene ring substituents is 1. The first kappa shape index (κ1) is 51.8. The van der Waals surface area contributed by atoms with E-state index < -0.39 is 34.9 Å². The molecule has 1 unspecified atom stereocenters. The Morgan fingerprint density at radius 2 is 1.72 bits per heavy atom. The first-order valence-electron chi connectivity index (χ1n) is 25.5. The third-order valence-corrected chi connectivity index (χ3v) is 14.6. The topological polar surface area (TPSA) is 207 Å². The number of nitro groups is 1. The van der Waals surface area contributed by atoms with E-state index >= 15 is 4.79 Å². The van der Waals surface area contributed by atoms with Crippen molar-refractivity contribution in [2.24, 2.45) is 22.9 Å². The lowest BCUT2D eigenvalue weighted by atomic mass is 9.55. The van der Waals surface area contributed by atoms with Gasteiger partial charge in [-0.05, 0) is 134 Å². The number of methoxy groups -OCH3 is 1. The van der Waals surface area contributed by atoms with E-state index in [1.165, 1.54) is 25.3 Å². The smallest absolute Gasteiger partial charge is 0.269 e. The quantitative estimate of drug-likeness (QED) is 0.0177. The van der Waals surface area contributed by atoms with Gasteiger partial charge in [0.05, 0.1) is 42.4 Å². The lowest BCUT2D eigenvalue weighted by Gasteiger charge is -2.60. The summed E-state index contributed by atoms with van der Waals surface area (Å²) >= 11 is 0. The Labute approximate surface area is 430 Å². The summed E-state index contributed by atoms with van der Waals surface area (Å²) in [4.78, 5) is 46.6. The SMILES string of the molecule is C=CCO[C@@]12Oc3ccc(Oc4ccc(OC)c(C=O)c4)cc3[C@H]3[C@H](CCCCO)[C@@H](CCCCO)C=C(C(=NOC4CCCCO4)C[C@@H]1N(Cc1ccc4c(c1)OCO4)C(=O)C=Cc1ccc([N+](=O)[O-])cc1)[C@H]32. The maximum atomic E-state index is 15.4. The number of aliphatic hydroxyl groups excluding tert-OH is 2. The number of rotatable bonds is 23. The molecule has 2 N–H and O–H groups in total. The number of aldehydes is 1. The minimum atomic E-state index is -1.60. The predicted molar refractivity (Wildman–Crippen MR) is 273 cm³/mol. The van der Waals surface area contributed by atoms with Crippen molar-refractivity contribution < 1.29 is 62.7 Å². The molecule has 17 nitrogen and oxygen atoms in total. The normalized spacial score (nSPS) is 24.0. The van der Waals surface area contributed by atoms with Crippen LogP contribution in [0.3, 0.4) is 0 Å². The van der Waals surface area contributed by atoms with Gasteiger partial charge in [0.2, 0.25) is 24.8 Å². The number of hydrogen-bond acceptors (Lipinski definition) is 15. The van der Waals surface area contributed by atoms with Gasteiger partial charge in [0.25, 0.3) is 5.69 Å². The van der Waals surface area contributed by atoms with Gasteiger partial charge in [0, 0.05) is 62.3 Å². The molecule has 2 aliphatic carbocycles. The number of carbonyl (C=O) groups is 2. The van der Waals surface area contributed by atoms with Gasteiger partial charge >= 0.3 is 0 Å². The molecule has 4 aromatic carbocycles. The van der Waals surface area contributed by atoms with Crippen molar-refractivity contribution in [2.75, 3.05) is 40.3 Å². The molecule has 1 saturated carbocycles. The Bertz CT molecular complexity index is 2750. The summed E-state index contributed by atoms with van der Waals surface area (Å²) in [6.07, 6.45) is 13.8. The molecule has 0 bridgehead atoms. The molecule has 5 aliphatic rings. The van der Waals surface area contributed by atoms with E-state index in [0.717, 1.165) is 42.4 Å². The van der Waals surface area contributed by atoms with Crippen molar-refractivity contribution in [2.45, 2.75) is 94.8 Å². The molecule has 3 heterocycles. The van der Waals surface area contributed by atoms with E-state index in [1.54, 1.807) is 53.5 Å². The molecular weight excluding hydrogens is 951 g/mol. The molecule has 2 fully saturated rings. The maximum Gasteiger partial charge on any atom is 0.269 e. The Kier molecular flexibility index (Phi) is 16.7. The zero-order valence-corrected chi connectivity index (χ0v) is 41.5. The van der Waals surface area contributed by atoms with Crippen molar-refractivity contribution in [3.63, 3.8) is 0 Å². The maximum absolute atomic E-state index is 15.4. The molecule has 1 saturated heterocycles. The molecule has 17 heteroatoms. The fourth-order valence-corrected chi connectivity index (χ4v) is 11.2. The van der Waals surface area contributed by atoms with E-state index in [-0.39, 0.29) is 63.0 Å². The fraction of sp³-hybridized carbons (Fsp3) is 0.421. The van der Waals surface area contributed by atoms with Crippen LogP contribution in [0, 0.1) is 27.9 Å². The van der Waals surface area contributed by atoms with Gasteiger partial charge in [-0.2, -0.15) is 0 Å². The van der Waals surface area contributed by atoms with Crippen molar-refractivity contribution >= 4 is 29.7 Å². The van der Waals surface area contributed by atoms with Crippen LogP contribution in [0.15, 0.2) is 114 Å². The largest absolute Gasteiger partial charge is 0.496 e. The summed E-state index contributed by atoms with van der Waals surface area (Å²) in [5.41, 5.74) is 3.84. The average Bonchev–Trinajstić information content (AvgIpc) is 3.90. The van der Waals surface area contributed by atoms with E-state index in [9.17, 15) is 25.1 Å². The van der Waals surface area contributed by atoms with Crippen LogP contribution in [-0.2, 0) is 25.7 Å². The minimum absolute atomic E-state index is 0.0234. The zero-order valence-electron chi connectivity index (χ0n) is 41.5. The van der Waals surface area contributed by atoms with Crippen molar-refractivity contribution in [1.29, 1.82) is 0 Å². The Morgan fingerprint density at radius 3 is 2.46 bits per heavy atom. The van der Waals surface area contributed by atoms with E-state index in [2.05, 4.69) is 12.7 Å². The summed E-state index contributed by atoms with van der Waals surface area (Å²) in [6, 6.07) is 21.3. The predicted octanol–water partition coefficient (Wildman–Crippen LogP) is 9.84. The molecule has 4 aromatic rings. The number of oxime groups is 1. The van der Waals surface area contributed by atoms with Gasteiger partial charge in [-0.3, -0.25) is 19.7 Å². The number of aliphatic hydroxyl groups is 2. The lowest BCUT2D eigenvalue weighted by molar-refractivity contribution is -0.384. The molecule has 74 heavy (non-hydrogen) atoms. The average molecular weight is 1010 g/mol. The summed E-state index contributed by atoms with van der Waals surface area (Å²) in [5, 5.41) is 36.7. The number of carbonyl (C=O) groups excluding carboxylic acids is 2. The molecule has 9 rings (SSSR count). The number of non-ortho nitro benzene ring substituents is 1. The van der Waals surface area contributed by atoms with Crippen LogP contribution >= 0.6 is 0 Å². The van der Waals surface area contributed by atoms with Gasteiger partial charge in [0.1, 0.15) is 29.0 Å². The van der Waals surface area contributed by atoms with Crippen LogP contribution in [0.5, 0.6) is 34.5 Å². The third kappa shape index (κ3) is 11.2. The van der Waals surface area contributed by atoms with Crippen LogP contribution < -0.4 is 23.7 Å². The molecule has 390 valence electrons. The number of amides is 1. The van der Waals surface area contributed by atoms with Crippen LogP contribution in [0.4, 0.5) is 5.69 Å². The highest BCUT2D eigenvalue weighted by molar-refractivity contribution is 6.03. The molecule has 7 atom stereocenters. The number of hydrogen-bond donors (Lipinski definition) is 2. The molecule has 0 spiro atoms. The Balaban J connectivity index is 1.24. The number of unbranched alkanes of at least 4 members (excludes halogenated alkanes) is 2. The number of benzene rings is 4. The van der Waals surface area contributed by atoms with Crippen molar-refractivity contribution in [3.05, 3.63) is 142 Å². The third-order valence-electron chi connectivity index (χ3n) is 14.6. The van der Waals surface area contributed by atoms with Crippen LogP contribution in [0.25, 0.3) is 6.08 Å². The molecule has 0 radical (unpaired) electrons.